The first kappa shape index (κ1) is 24.9. The summed E-state index contributed by atoms with van der Waals surface area (Å²) in [5.41, 5.74) is 0. The lowest BCUT2D eigenvalue weighted by Crippen LogP contribution is -1.95. The molecule has 0 atom stereocenters. The molecule has 0 bridgehead atoms. The van der Waals surface area contributed by atoms with E-state index in [0.717, 1.165) is 7.11 Å². The van der Waals surface area contributed by atoms with Crippen LogP contribution in [0, 0.1) is 11.3 Å². The van der Waals surface area contributed by atoms with Gasteiger partial charge in [0.1, 0.15) is 0 Å². The Kier molecular flexibility index (Phi) is 53.3. The third kappa shape index (κ3) is 103. The fourth-order valence-electron chi connectivity index (χ4n) is 0.703. The monoisotopic (exact) mass is 247 g/mol. The maximum absolute atomic E-state index is 9.82. The predicted octanol–water partition coefficient (Wildman–Crippen LogP) is 3.29. The molecule has 0 rings (SSSR count). The van der Waals surface area contributed by atoms with Crippen molar-refractivity contribution in [3.05, 3.63) is 0 Å². The average molecular weight is 247 g/mol. The first-order chi connectivity index (χ1) is 8.10. The zero-order valence-corrected chi connectivity index (χ0v) is 12.2. The molecule has 0 aliphatic heterocycles. The van der Waals surface area contributed by atoms with Gasteiger partial charge in [0, 0.05) is 21.0 Å². The molecule has 0 heterocycles. The van der Waals surface area contributed by atoms with E-state index in [2.05, 4.69) is 18.6 Å². The largest absolute Gasteiger partial charge is 0.466 e. The molecule has 0 aromatic carbocycles. The van der Waals surface area contributed by atoms with Crippen molar-refractivity contribution in [1.82, 2.24) is 0 Å². The number of nitriles is 1. The van der Waals surface area contributed by atoms with Gasteiger partial charge in [-0.1, -0.05) is 39.5 Å². The SMILES string of the molecule is CC#N.CCCCCC.CCOC(C)=O.CO. The van der Waals surface area contributed by atoms with Crippen LogP contribution in [-0.4, -0.2) is 24.8 Å². The molecule has 4 heteroatoms. The summed E-state index contributed by atoms with van der Waals surface area (Å²) in [6.07, 6.45) is 5.54. The molecule has 0 aromatic heterocycles. The van der Waals surface area contributed by atoms with Gasteiger partial charge in [0.05, 0.1) is 12.7 Å². The number of nitrogens with zero attached hydrogens (tertiary/aromatic N) is 1. The Labute approximate surface area is 107 Å². The van der Waals surface area contributed by atoms with Crippen LogP contribution >= 0.6 is 0 Å². The summed E-state index contributed by atoms with van der Waals surface area (Å²) in [7, 11) is 1.00. The van der Waals surface area contributed by atoms with Crippen molar-refractivity contribution in [2.24, 2.45) is 0 Å². The van der Waals surface area contributed by atoms with Gasteiger partial charge in [-0.25, -0.2) is 0 Å². The standard InChI is InChI=1S/C6H14.C4H8O2.C2H3N.CH4O/c1-3-5-6-4-2;1-3-6-4(2)5;1-2-3;1-2/h3-6H2,1-2H3;3H2,1-2H3;1H3;2H,1H3. The van der Waals surface area contributed by atoms with Gasteiger partial charge in [-0.15, -0.1) is 0 Å². The molecule has 0 radical (unpaired) electrons. The predicted molar refractivity (Wildman–Crippen MR) is 71.6 cm³/mol. The minimum atomic E-state index is -0.211. The smallest absolute Gasteiger partial charge is 0.302 e. The summed E-state index contributed by atoms with van der Waals surface area (Å²) < 4.78 is 4.40. The molecule has 0 aliphatic rings. The Morgan fingerprint density at radius 1 is 1.18 bits per heavy atom. The minimum Gasteiger partial charge on any atom is -0.466 e. The van der Waals surface area contributed by atoms with E-state index in [-0.39, 0.29) is 5.97 Å². The number of aliphatic hydroxyl groups excluding tert-OH is 1. The lowest BCUT2D eigenvalue weighted by atomic mass is 10.2. The van der Waals surface area contributed by atoms with Crippen LogP contribution in [0.2, 0.25) is 0 Å². The van der Waals surface area contributed by atoms with Crippen molar-refractivity contribution in [1.29, 1.82) is 5.26 Å². The first-order valence-electron chi connectivity index (χ1n) is 5.99. The molecule has 0 amide bonds. The first-order valence-corrected chi connectivity index (χ1v) is 5.99. The fourth-order valence-corrected chi connectivity index (χ4v) is 0.703. The maximum atomic E-state index is 9.82. The Morgan fingerprint density at radius 2 is 1.47 bits per heavy atom. The van der Waals surface area contributed by atoms with Crippen LogP contribution in [0.1, 0.15) is 60.3 Å². The van der Waals surface area contributed by atoms with E-state index in [9.17, 15) is 4.79 Å². The molecule has 0 fully saturated rings. The zero-order chi connectivity index (χ0) is 14.5. The van der Waals surface area contributed by atoms with E-state index in [4.69, 9.17) is 10.4 Å². The normalized spacial score (nSPS) is 6.71. The second-order valence-electron chi connectivity index (χ2n) is 2.86. The molecule has 0 saturated carbocycles. The van der Waals surface area contributed by atoms with Crippen molar-refractivity contribution < 1.29 is 14.6 Å². The van der Waals surface area contributed by atoms with E-state index in [1.54, 1.807) is 13.0 Å². The summed E-state index contributed by atoms with van der Waals surface area (Å²) in [6.45, 7) is 9.55. The zero-order valence-electron chi connectivity index (χ0n) is 12.2. The van der Waals surface area contributed by atoms with Crippen LogP contribution < -0.4 is 0 Å². The van der Waals surface area contributed by atoms with Gasteiger partial charge < -0.3 is 9.84 Å². The lowest BCUT2D eigenvalue weighted by Gasteiger charge is -1.89. The lowest BCUT2D eigenvalue weighted by molar-refractivity contribution is -0.140. The number of hydrogen-bond acceptors (Lipinski definition) is 4. The highest BCUT2D eigenvalue weighted by Gasteiger charge is 1.81. The number of esters is 1. The van der Waals surface area contributed by atoms with Gasteiger partial charge in [0.2, 0.25) is 0 Å². The number of unbranched alkanes of at least 4 members (excludes halogenated alkanes) is 3. The van der Waals surface area contributed by atoms with Crippen LogP contribution in [-0.2, 0) is 9.53 Å². The second-order valence-corrected chi connectivity index (χ2v) is 2.86. The summed E-state index contributed by atoms with van der Waals surface area (Å²) in [6, 6.07) is 1.75. The quantitative estimate of drug-likeness (QED) is 0.611. The van der Waals surface area contributed by atoms with Gasteiger partial charge in [0.15, 0.2) is 0 Å². The Balaban J connectivity index is -0.0000000727. The van der Waals surface area contributed by atoms with Crippen LogP contribution in [0.5, 0.6) is 0 Å². The van der Waals surface area contributed by atoms with Gasteiger partial charge >= 0.3 is 5.97 Å². The second kappa shape index (κ2) is 36.3. The fraction of sp³-hybridized carbons (Fsp3) is 0.846. The molecule has 0 aromatic rings. The highest BCUT2D eigenvalue weighted by Crippen LogP contribution is 1.95. The topological polar surface area (TPSA) is 70.3 Å². The van der Waals surface area contributed by atoms with Crippen molar-refractivity contribution >= 4 is 5.97 Å². The number of aliphatic hydroxyl groups is 1. The molecule has 104 valence electrons. The van der Waals surface area contributed by atoms with E-state index >= 15 is 0 Å². The third-order valence-corrected chi connectivity index (χ3v) is 1.30. The maximum Gasteiger partial charge on any atom is 0.302 e. The van der Waals surface area contributed by atoms with Crippen molar-refractivity contribution in [2.45, 2.75) is 60.3 Å². The van der Waals surface area contributed by atoms with Crippen LogP contribution in [0.15, 0.2) is 0 Å². The summed E-state index contributed by atoms with van der Waals surface area (Å²) in [4.78, 5) is 9.82. The average Bonchev–Trinajstić information content (AvgIpc) is 2.31. The van der Waals surface area contributed by atoms with Gasteiger partial charge in [-0.05, 0) is 6.92 Å². The summed E-state index contributed by atoms with van der Waals surface area (Å²) in [5, 5.41) is 14.3. The number of ether oxygens (including phenoxy) is 1. The number of rotatable bonds is 4. The molecule has 4 nitrogen and oxygen atoms in total. The van der Waals surface area contributed by atoms with E-state index in [0.29, 0.717) is 6.61 Å². The van der Waals surface area contributed by atoms with Crippen LogP contribution in [0.3, 0.4) is 0 Å². The van der Waals surface area contributed by atoms with Gasteiger partial charge in [-0.2, -0.15) is 5.26 Å². The Morgan fingerprint density at radius 3 is 1.53 bits per heavy atom. The highest BCUT2D eigenvalue weighted by atomic mass is 16.5. The molecular weight excluding hydrogens is 218 g/mol. The van der Waals surface area contributed by atoms with Gasteiger partial charge in [0.25, 0.3) is 0 Å². The van der Waals surface area contributed by atoms with Crippen molar-refractivity contribution in [3.8, 4) is 6.07 Å². The molecule has 1 N–H and O–H groups in total. The molecular formula is C13H29NO3. The van der Waals surface area contributed by atoms with Crippen LogP contribution in [0.25, 0.3) is 0 Å². The molecule has 0 spiro atoms. The van der Waals surface area contributed by atoms with E-state index in [1.807, 2.05) is 0 Å². The van der Waals surface area contributed by atoms with E-state index < -0.39 is 0 Å². The minimum absolute atomic E-state index is 0.211. The summed E-state index contributed by atoms with van der Waals surface area (Å²) in [5.74, 6) is -0.211. The molecule has 0 unspecified atom stereocenters. The molecule has 0 saturated heterocycles. The van der Waals surface area contributed by atoms with Gasteiger partial charge in [-0.3, -0.25) is 4.79 Å². The Hall–Kier alpha value is -1.08. The number of hydrogen-bond donors (Lipinski definition) is 1. The molecule has 17 heavy (non-hydrogen) atoms. The van der Waals surface area contributed by atoms with Crippen molar-refractivity contribution in [2.75, 3.05) is 13.7 Å². The summed E-state index contributed by atoms with van der Waals surface area (Å²) >= 11 is 0. The van der Waals surface area contributed by atoms with Crippen LogP contribution in [0.4, 0.5) is 0 Å². The number of carbonyl (C=O) groups excluding carboxylic acids is 1. The molecule has 0 aliphatic carbocycles. The number of carbonyl (C=O) groups is 1. The highest BCUT2D eigenvalue weighted by molar-refractivity contribution is 5.65. The third-order valence-electron chi connectivity index (χ3n) is 1.30. The van der Waals surface area contributed by atoms with Crippen molar-refractivity contribution in [3.63, 3.8) is 0 Å². The van der Waals surface area contributed by atoms with E-state index in [1.165, 1.54) is 39.5 Å². The Bertz CT molecular complexity index is 149.